The molecule has 1 aromatic heterocycles. The lowest BCUT2D eigenvalue weighted by Gasteiger charge is -2.45. The van der Waals surface area contributed by atoms with E-state index in [1.165, 1.54) is 11.1 Å². The van der Waals surface area contributed by atoms with Crippen molar-refractivity contribution in [2.24, 2.45) is 5.92 Å². The Morgan fingerprint density at radius 2 is 2.06 bits per heavy atom. The minimum atomic E-state index is -0.0230. The second-order valence-corrected chi connectivity index (χ2v) is 10.2. The standard InChI is InChI=1S/C28H29N5O3/c1-17(2)35-25-10-7-18(13-19(25)14-29)27-30-26(31-36-27)23-6-3-5-22-21(23)8-9-24(22)33-15-20(16-33)28(34)32-11-4-12-32/h3,5-7,10,13,17,20,24H,4,8-9,11-12,15-16H2,1-2H3/t24-/m0/s1. The first kappa shape index (κ1) is 22.7. The Morgan fingerprint density at radius 1 is 1.22 bits per heavy atom. The summed E-state index contributed by atoms with van der Waals surface area (Å²) >= 11 is 0. The Bertz CT molecular complexity index is 1350. The fraction of sp³-hybridized carbons (Fsp3) is 0.429. The topological polar surface area (TPSA) is 95.5 Å². The smallest absolute Gasteiger partial charge is 0.258 e. The van der Waals surface area contributed by atoms with Crippen molar-refractivity contribution >= 4 is 5.91 Å². The molecule has 2 aliphatic heterocycles. The van der Waals surface area contributed by atoms with Crippen LogP contribution in [0.25, 0.3) is 22.8 Å². The van der Waals surface area contributed by atoms with Gasteiger partial charge in [0.05, 0.1) is 17.6 Å². The highest BCUT2D eigenvalue weighted by Gasteiger charge is 2.42. The maximum absolute atomic E-state index is 12.5. The van der Waals surface area contributed by atoms with Gasteiger partial charge in [-0.25, -0.2) is 0 Å². The van der Waals surface area contributed by atoms with Gasteiger partial charge in [0, 0.05) is 43.3 Å². The molecule has 2 fully saturated rings. The second kappa shape index (κ2) is 9.07. The summed E-state index contributed by atoms with van der Waals surface area (Å²) in [6, 6.07) is 14.1. The molecule has 0 radical (unpaired) electrons. The van der Waals surface area contributed by atoms with Crippen LogP contribution in [-0.2, 0) is 11.2 Å². The molecule has 0 saturated carbocycles. The van der Waals surface area contributed by atoms with Gasteiger partial charge in [-0.3, -0.25) is 9.69 Å². The Morgan fingerprint density at radius 3 is 2.78 bits per heavy atom. The lowest BCUT2D eigenvalue weighted by Crippen LogP contribution is -2.57. The number of likely N-dealkylation sites (tertiary alicyclic amines) is 2. The molecule has 8 heteroatoms. The van der Waals surface area contributed by atoms with Crippen LogP contribution in [-0.4, -0.2) is 58.1 Å². The number of aromatic nitrogens is 2. The molecular weight excluding hydrogens is 454 g/mol. The number of fused-ring (bicyclic) bond motifs is 1. The minimum Gasteiger partial charge on any atom is -0.490 e. The van der Waals surface area contributed by atoms with E-state index in [0.717, 1.165) is 51.0 Å². The van der Waals surface area contributed by atoms with Crippen LogP contribution in [0.3, 0.4) is 0 Å². The van der Waals surface area contributed by atoms with E-state index in [2.05, 4.69) is 33.2 Å². The van der Waals surface area contributed by atoms with Gasteiger partial charge in [0.15, 0.2) is 0 Å². The number of hydrogen-bond acceptors (Lipinski definition) is 7. The molecule has 0 unspecified atom stereocenters. The summed E-state index contributed by atoms with van der Waals surface area (Å²) in [6.45, 7) is 7.38. The van der Waals surface area contributed by atoms with Crippen molar-refractivity contribution in [1.29, 1.82) is 5.26 Å². The van der Waals surface area contributed by atoms with Gasteiger partial charge >= 0.3 is 0 Å². The molecule has 6 rings (SSSR count). The van der Waals surface area contributed by atoms with Gasteiger partial charge in [-0.05, 0) is 62.4 Å². The first-order chi connectivity index (χ1) is 17.5. The third-order valence-corrected chi connectivity index (χ3v) is 7.48. The van der Waals surface area contributed by atoms with Crippen LogP contribution in [0.2, 0.25) is 0 Å². The van der Waals surface area contributed by atoms with Crippen molar-refractivity contribution < 1.29 is 14.1 Å². The Hall–Kier alpha value is -3.70. The van der Waals surface area contributed by atoms with Crippen LogP contribution in [0.15, 0.2) is 40.9 Å². The van der Waals surface area contributed by atoms with Gasteiger partial charge in [0.1, 0.15) is 11.8 Å². The normalized spacial score (nSPS) is 19.5. The number of nitrogens with zero attached hydrogens (tertiary/aromatic N) is 5. The number of carbonyl (C=O) groups excluding carboxylic acids is 1. The number of hydrogen-bond donors (Lipinski definition) is 0. The highest BCUT2D eigenvalue weighted by Crippen LogP contribution is 2.43. The van der Waals surface area contributed by atoms with Crippen molar-refractivity contribution in [3.8, 4) is 34.7 Å². The third-order valence-electron chi connectivity index (χ3n) is 7.48. The van der Waals surface area contributed by atoms with Crippen LogP contribution < -0.4 is 4.74 Å². The molecule has 3 heterocycles. The van der Waals surface area contributed by atoms with Crippen LogP contribution in [0.5, 0.6) is 5.75 Å². The largest absolute Gasteiger partial charge is 0.490 e. The van der Waals surface area contributed by atoms with Crippen molar-refractivity contribution in [3.63, 3.8) is 0 Å². The first-order valence-corrected chi connectivity index (χ1v) is 12.7. The van der Waals surface area contributed by atoms with E-state index in [1.54, 1.807) is 12.1 Å². The van der Waals surface area contributed by atoms with Gasteiger partial charge in [-0.1, -0.05) is 23.4 Å². The number of rotatable bonds is 6. The molecule has 36 heavy (non-hydrogen) atoms. The molecule has 3 aliphatic rings. The van der Waals surface area contributed by atoms with Crippen LogP contribution in [0, 0.1) is 17.2 Å². The molecule has 1 amide bonds. The summed E-state index contributed by atoms with van der Waals surface area (Å²) in [7, 11) is 0. The van der Waals surface area contributed by atoms with E-state index in [-0.39, 0.29) is 12.0 Å². The molecular formula is C28H29N5O3. The first-order valence-electron chi connectivity index (χ1n) is 12.7. The lowest BCUT2D eigenvalue weighted by molar-refractivity contribution is -0.145. The highest BCUT2D eigenvalue weighted by molar-refractivity contribution is 5.81. The molecule has 184 valence electrons. The van der Waals surface area contributed by atoms with E-state index in [1.807, 2.05) is 30.9 Å². The Balaban J connectivity index is 1.21. The maximum atomic E-state index is 12.5. The summed E-state index contributed by atoms with van der Waals surface area (Å²) < 4.78 is 11.3. The van der Waals surface area contributed by atoms with E-state index in [4.69, 9.17) is 9.26 Å². The molecule has 8 nitrogen and oxygen atoms in total. The zero-order chi connectivity index (χ0) is 24.8. The number of carbonyl (C=O) groups is 1. The monoisotopic (exact) mass is 483 g/mol. The molecule has 3 aromatic rings. The average molecular weight is 484 g/mol. The number of nitriles is 1. The molecule has 0 spiro atoms. The van der Waals surface area contributed by atoms with Crippen LogP contribution in [0.1, 0.15) is 49.4 Å². The SMILES string of the molecule is CC(C)Oc1ccc(-c2nc(-c3cccc4c3CC[C@@H]4N3CC(C(=O)N4CCC4)C3)no2)cc1C#N. The molecule has 2 saturated heterocycles. The Labute approximate surface area is 210 Å². The second-order valence-electron chi connectivity index (χ2n) is 10.2. The summed E-state index contributed by atoms with van der Waals surface area (Å²) in [6.07, 6.45) is 3.09. The maximum Gasteiger partial charge on any atom is 0.258 e. The fourth-order valence-corrected chi connectivity index (χ4v) is 5.50. The van der Waals surface area contributed by atoms with E-state index in [9.17, 15) is 10.1 Å². The number of amides is 1. The highest BCUT2D eigenvalue weighted by atomic mass is 16.5. The van der Waals surface area contributed by atoms with Gasteiger partial charge in [-0.2, -0.15) is 10.2 Å². The minimum absolute atomic E-state index is 0.0230. The third kappa shape index (κ3) is 3.94. The molecule has 0 N–H and O–H groups in total. The molecule has 1 atom stereocenters. The molecule has 0 bridgehead atoms. The number of benzene rings is 2. The zero-order valence-electron chi connectivity index (χ0n) is 20.6. The van der Waals surface area contributed by atoms with Crippen LogP contribution in [0.4, 0.5) is 0 Å². The predicted octanol–water partition coefficient (Wildman–Crippen LogP) is 4.21. The van der Waals surface area contributed by atoms with Gasteiger partial charge < -0.3 is 14.2 Å². The van der Waals surface area contributed by atoms with E-state index >= 15 is 0 Å². The molecule has 2 aromatic carbocycles. The van der Waals surface area contributed by atoms with Crippen molar-refractivity contribution in [2.45, 2.75) is 45.3 Å². The average Bonchev–Trinajstić information content (AvgIpc) is 3.45. The van der Waals surface area contributed by atoms with Crippen molar-refractivity contribution in [1.82, 2.24) is 19.9 Å². The summed E-state index contributed by atoms with van der Waals surface area (Å²) in [5, 5.41) is 13.8. The Kier molecular flexibility index (Phi) is 5.73. The summed E-state index contributed by atoms with van der Waals surface area (Å²) in [5.74, 6) is 1.94. The van der Waals surface area contributed by atoms with E-state index < -0.39 is 0 Å². The summed E-state index contributed by atoms with van der Waals surface area (Å²) in [4.78, 5) is 21.6. The molecule has 1 aliphatic carbocycles. The van der Waals surface area contributed by atoms with Crippen molar-refractivity contribution in [2.75, 3.05) is 26.2 Å². The quantitative estimate of drug-likeness (QED) is 0.518. The zero-order valence-corrected chi connectivity index (χ0v) is 20.6. The lowest BCUT2D eigenvalue weighted by atomic mass is 9.92. The summed E-state index contributed by atoms with van der Waals surface area (Å²) in [5.41, 5.74) is 4.66. The van der Waals surface area contributed by atoms with Gasteiger partial charge in [-0.15, -0.1) is 0 Å². The van der Waals surface area contributed by atoms with E-state index in [0.29, 0.717) is 40.5 Å². The van der Waals surface area contributed by atoms with Crippen molar-refractivity contribution in [3.05, 3.63) is 53.1 Å². The van der Waals surface area contributed by atoms with Gasteiger partial charge in [0.2, 0.25) is 11.7 Å². The van der Waals surface area contributed by atoms with Crippen LogP contribution >= 0.6 is 0 Å². The predicted molar refractivity (Wildman–Crippen MR) is 133 cm³/mol. The van der Waals surface area contributed by atoms with Gasteiger partial charge in [0.25, 0.3) is 5.89 Å². The number of ether oxygens (including phenoxy) is 1. The fourth-order valence-electron chi connectivity index (χ4n) is 5.50.